The molecule has 3 heteroatoms. The van der Waals surface area contributed by atoms with Gasteiger partial charge in [0.2, 0.25) is 0 Å². The number of aryl methyl sites for hydroxylation is 1. The molecule has 145 valence electrons. The number of rotatable bonds is 2. The second-order valence-corrected chi connectivity index (χ2v) is 12.3. The minimum Gasteiger partial charge on any atom is -1.00 e. The molecule has 0 aromatic heterocycles. The SMILES string of the molecule is C[C](C)=[Zr+2][c]1c2c(c(C)c(C)c1C1=CC=CC1)-c1c(ccc(C)c1C)C2.[Cl-].[Cl-]. The number of halogens is 2. The average molecular weight is 490 g/mol. The van der Waals surface area contributed by atoms with Crippen LogP contribution in [0.5, 0.6) is 0 Å². The van der Waals surface area contributed by atoms with Crippen molar-refractivity contribution in [3.63, 3.8) is 0 Å². The standard InChI is InChI=1S/C22H21.C3H6.2ClH.Zr/c1-13-9-10-18-11-19-12-20(17-7-5-6-8-17)15(3)16(4)22(19)21(18)14(13)2;1-3-2;;;/h5-7,9-10H,8,11H2,1-4H3;1-2H3;2*1H;/q;;;;+2/p-2. The van der Waals surface area contributed by atoms with Gasteiger partial charge in [-0.1, -0.05) is 0 Å². The molecule has 2 aromatic rings. The molecule has 28 heavy (non-hydrogen) atoms. The molecular formula is C25H27Cl2Zr. The van der Waals surface area contributed by atoms with E-state index in [0.717, 1.165) is 12.8 Å². The van der Waals surface area contributed by atoms with E-state index >= 15 is 0 Å². The summed E-state index contributed by atoms with van der Waals surface area (Å²) in [7, 11) is 0. The Labute approximate surface area is 193 Å². The molecule has 0 nitrogen and oxygen atoms in total. The number of allylic oxidation sites excluding steroid dienone is 4. The normalized spacial score (nSPS) is 13.1. The molecule has 0 radical (unpaired) electrons. The van der Waals surface area contributed by atoms with Gasteiger partial charge in [0.15, 0.2) is 0 Å². The van der Waals surface area contributed by atoms with E-state index in [1.165, 1.54) is 33.4 Å². The Morgan fingerprint density at radius 3 is 2.14 bits per heavy atom. The molecular weight excluding hydrogens is 462 g/mol. The summed E-state index contributed by atoms with van der Waals surface area (Å²) in [5.41, 5.74) is 15.4. The first-order chi connectivity index (χ1) is 12.4. The molecule has 0 spiro atoms. The van der Waals surface area contributed by atoms with Gasteiger partial charge in [-0.05, 0) is 0 Å². The van der Waals surface area contributed by atoms with Gasteiger partial charge >= 0.3 is 170 Å². The minimum atomic E-state index is -0.717. The Kier molecular flexibility index (Phi) is 7.52. The monoisotopic (exact) mass is 487 g/mol. The summed E-state index contributed by atoms with van der Waals surface area (Å²) in [6.07, 6.45) is 9.11. The van der Waals surface area contributed by atoms with E-state index in [0.29, 0.717) is 0 Å². The van der Waals surface area contributed by atoms with Crippen LogP contribution in [0.2, 0.25) is 0 Å². The van der Waals surface area contributed by atoms with E-state index in [-0.39, 0.29) is 24.8 Å². The third-order valence-corrected chi connectivity index (χ3v) is 9.27. The average Bonchev–Trinajstić information content (AvgIpc) is 3.23. The van der Waals surface area contributed by atoms with Crippen LogP contribution in [0.25, 0.3) is 16.7 Å². The summed E-state index contributed by atoms with van der Waals surface area (Å²) < 4.78 is 3.41. The minimum absolute atomic E-state index is 0. The maximum absolute atomic E-state index is 2.37. The van der Waals surface area contributed by atoms with Gasteiger partial charge in [-0.3, -0.25) is 0 Å². The van der Waals surface area contributed by atoms with Gasteiger partial charge in [0, 0.05) is 0 Å². The van der Waals surface area contributed by atoms with Gasteiger partial charge < -0.3 is 24.8 Å². The summed E-state index contributed by atoms with van der Waals surface area (Å²) >= 11 is -0.717. The van der Waals surface area contributed by atoms with Crippen LogP contribution >= 0.6 is 0 Å². The van der Waals surface area contributed by atoms with E-state index in [9.17, 15) is 0 Å². The number of hydrogen-bond donors (Lipinski definition) is 0. The first-order valence-electron chi connectivity index (χ1n) is 9.58. The van der Waals surface area contributed by atoms with Crippen molar-refractivity contribution in [2.75, 3.05) is 0 Å². The van der Waals surface area contributed by atoms with E-state index in [2.05, 4.69) is 71.9 Å². The topological polar surface area (TPSA) is 0 Å². The third kappa shape index (κ3) is 3.71. The zero-order valence-electron chi connectivity index (χ0n) is 17.6. The van der Waals surface area contributed by atoms with E-state index in [1.54, 1.807) is 28.7 Å². The Bertz CT molecular complexity index is 1040. The number of fused-ring (bicyclic) bond motifs is 3. The predicted octanol–water partition coefficient (Wildman–Crippen LogP) is -0.237. The van der Waals surface area contributed by atoms with Crippen molar-refractivity contribution in [2.45, 2.75) is 54.4 Å². The van der Waals surface area contributed by atoms with Gasteiger partial charge in [-0.2, -0.15) is 0 Å². The fourth-order valence-corrected chi connectivity index (χ4v) is 7.85. The zero-order chi connectivity index (χ0) is 18.6. The Hall–Kier alpha value is -0.747. The van der Waals surface area contributed by atoms with E-state index in [4.69, 9.17) is 0 Å². The first-order valence-corrected chi connectivity index (χ1v) is 12.0. The second-order valence-electron chi connectivity index (χ2n) is 8.02. The quantitative estimate of drug-likeness (QED) is 0.467. The molecule has 0 saturated carbocycles. The zero-order valence-corrected chi connectivity index (χ0v) is 21.5. The fraction of sp³-hybridized carbons (Fsp3) is 0.320. The molecule has 0 bridgehead atoms. The van der Waals surface area contributed by atoms with Crippen molar-refractivity contribution in [3.8, 4) is 11.1 Å². The fourth-order valence-electron chi connectivity index (χ4n) is 4.56. The summed E-state index contributed by atoms with van der Waals surface area (Å²) in [5.74, 6) is 0. The smallest absolute Gasteiger partial charge is 1.00 e. The molecule has 0 atom stereocenters. The van der Waals surface area contributed by atoms with Crippen molar-refractivity contribution in [2.24, 2.45) is 0 Å². The van der Waals surface area contributed by atoms with Crippen LogP contribution < -0.4 is 28.1 Å². The van der Waals surface area contributed by atoms with Gasteiger partial charge in [-0.25, -0.2) is 0 Å². The molecule has 0 aliphatic heterocycles. The summed E-state index contributed by atoms with van der Waals surface area (Å²) in [5, 5.41) is 0. The summed E-state index contributed by atoms with van der Waals surface area (Å²) in [6, 6.07) is 4.68. The van der Waals surface area contributed by atoms with E-state index < -0.39 is 22.8 Å². The van der Waals surface area contributed by atoms with Gasteiger partial charge in [0.25, 0.3) is 0 Å². The largest absolute Gasteiger partial charge is 1.00 e. The third-order valence-electron chi connectivity index (χ3n) is 6.07. The molecule has 0 heterocycles. The van der Waals surface area contributed by atoms with Gasteiger partial charge in [0.1, 0.15) is 0 Å². The van der Waals surface area contributed by atoms with Crippen molar-refractivity contribution in [1.82, 2.24) is 0 Å². The predicted molar refractivity (Wildman–Crippen MR) is 111 cm³/mol. The number of benzene rings is 2. The van der Waals surface area contributed by atoms with Crippen molar-refractivity contribution < 1.29 is 47.6 Å². The van der Waals surface area contributed by atoms with Crippen LogP contribution in [0, 0.1) is 27.7 Å². The van der Waals surface area contributed by atoms with Crippen LogP contribution in [0.4, 0.5) is 0 Å². The van der Waals surface area contributed by atoms with Crippen LogP contribution in [-0.4, -0.2) is 3.21 Å². The van der Waals surface area contributed by atoms with Gasteiger partial charge in [0.05, 0.1) is 0 Å². The summed E-state index contributed by atoms with van der Waals surface area (Å²) in [4.78, 5) is 0. The maximum Gasteiger partial charge on any atom is -1.00 e. The van der Waals surface area contributed by atoms with Gasteiger partial charge in [-0.15, -0.1) is 0 Å². The molecule has 0 saturated heterocycles. The van der Waals surface area contributed by atoms with E-state index in [1.807, 2.05) is 0 Å². The second kappa shape index (κ2) is 8.95. The van der Waals surface area contributed by atoms with Crippen LogP contribution in [0.3, 0.4) is 0 Å². The van der Waals surface area contributed by atoms with Crippen molar-refractivity contribution >= 4 is 12.1 Å². The first kappa shape index (κ1) is 23.5. The molecule has 2 aliphatic carbocycles. The molecule has 2 aromatic carbocycles. The number of hydrogen-bond acceptors (Lipinski definition) is 0. The maximum atomic E-state index is 2.37. The Morgan fingerprint density at radius 1 is 0.857 bits per heavy atom. The molecule has 0 amide bonds. The molecule has 2 aliphatic rings. The Morgan fingerprint density at radius 2 is 1.54 bits per heavy atom. The molecule has 0 N–H and O–H groups in total. The molecule has 4 rings (SSSR count). The summed E-state index contributed by atoms with van der Waals surface area (Å²) in [6.45, 7) is 14.0. The Balaban J connectivity index is 0.00000140. The molecule has 0 fully saturated rings. The van der Waals surface area contributed by atoms with Crippen molar-refractivity contribution in [1.29, 1.82) is 0 Å². The van der Waals surface area contributed by atoms with Crippen LogP contribution in [0.15, 0.2) is 30.4 Å². The van der Waals surface area contributed by atoms with Crippen LogP contribution in [-0.2, 0) is 29.2 Å². The van der Waals surface area contributed by atoms with Crippen molar-refractivity contribution in [3.05, 3.63) is 69.3 Å². The van der Waals surface area contributed by atoms with Crippen LogP contribution in [0.1, 0.15) is 59.2 Å². The molecule has 0 unspecified atom stereocenters.